The van der Waals surface area contributed by atoms with Gasteiger partial charge in [0.25, 0.3) is 0 Å². The summed E-state index contributed by atoms with van der Waals surface area (Å²) < 4.78 is 11.9. The van der Waals surface area contributed by atoms with Crippen molar-refractivity contribution >= 4 is 11.6 Å². The first kappa shape index (κ1) is 15.0. The average Bonchev–Trinajstić information content (AvgIpc) is 2.41. The molecule has 1 aromatic rings. The minimum absolute atomic E-state index is 0.271. The van der Waals surface area contributed by atoms with E-state index in [0.29, 0.717) is 16.8 Å². The number of ether oxygens (including phenoxy) is 2. The van der Waals surface area contributed by atoms with Crippen LogP contribution >= 0.6 is 11.6 Å². The Kier molecular flexibility index (Phi) is 4.89. The molecule has 21 heavy (non-hydrogen) atoms. The molecule has 2 unspecified atom stereocenters. The van der Waals surface area contributed by atoms with Gasteiger partial charge in [0, 0.05) is 12.3 Å². The van der Waals surface area contributed by atoms with E-state index in [1.165, 1.54) is 32.1 Å². The summed E-state index contributed by atoms with van der Waals surface area (Å²) in [5.74, 6) is 2.64. The van der Waals surface area contributed by atoms with Crippen LogP contribution in [0.1, 0.15) is 51.9 Å². The second-order valence-corrected chi connectivity index (χ2v) is 6.93. The van der Waals surface area contributed by atoms with Crippen LogP contribution in [0.25, 0.3) is 0 Å². The van der Waals surface area contributed by atoms with Crippen LogP contribution in [-0.4, -0.2) is 17.7 Å². The summed E-state index contributed by atoms with van der Waals surface area (Å²) in [5.41, 5.74) is 0. The smallest absolute Gasteiger partial charge is 0.236 e. The number of rotatable bonds is 5. The summed E-state index contributed by atoms with van der Waals surface area (Å²) >= 11 is 6.40. The first-order chi connectivity index (χ1) is 10.2. The van der Waals surface area contributed by atoms with Gasteiger partial charge in [0.05, 0.1) is 12.7 Å². The van der Waals surface area contributed by atoms with Crippen molar-refractivity contribution in [3.8, 4) is 11.6 Å². The molecule has 1 heterocycles. The fourth-order valence-electron chi connectivity index (χ4n) is 3.12. The third kappa shape index (κ3) is 3.82. The third-order valence-electron chi connectivity index (χ3n) is 4.68. The Morgan fingerprint density at radius 2 is 2.05 bits per heavy atom. The number of pyridine rings is 1. The van der Waals surface area contributed by atoms with Crippen LogP contribution in [0.4, 0.5) is 0 Å². The van der Waals surface area contributed by atoms with Crippen LogP contribution in [0.2, 0.25) is 5.02 Å². The molecule has 0 bridgehead atoms. The lowest BCUT2D eigenvalue weighted by Crippen LogP contribution is -2.24. The fraction of sp³-hybridized carbons (Fsp3) is 0.706. The fourth-order valence-corrected chi connectivity index (χ4v) is 3.33. The predicted molar refractivity (Wildman–Crippen MR) is 84.1 cm³/mol. The van der Waals surface area contributed by atoms with Crippen molar-refractivity contribution in [1.82, 2.24) is 4.98 Å². The van der Waals surface area contributed by atoms with E-state index in [0.717, 1.165) is 31.1 Å². The molecular weight excluding hydrogens is 286 g/mol. The van der Waals surface area contributed by atoms with Crippen molar-refractivity contribution in [2.75, 3.05) is 6.61 Å². The van der Waals surface area contributed by atoms with E-state index in [4.69, 9.17) is 21.1 Å². The largest absolute Gasteiger partial charge is 0.489 e. The van der Waals surface area contributed by atoms with Gasteiger partial charge >= 0.3 is 0 Å². The van der Waals surface area contributed by atoms with Crippen LogP contribution in [-0.2, 0) is 0 Å². The van der Waals surface area contributed by atoms with E-state index < -0.39 is 0 Å². The molecule has 0 aromatic carbocycles. The van der Waals surface area contributed by atoms with E-state index in [1.807, 2.05) is 6.07 Å². The van der Waals surface area contributed by atoms with Crippen molar-refractivity contribution in [2.24, 2.45) is 11.8 Å². The Hall–Kier alpha value is -0.960. The maximum Gasteiger partial charge on any atom is 0.236 e. The Balaban J connectivity index is 1.61. The number of nitrogens with zero attached hydrogens (tertiary/aromatic N) is 1. The summed E-state index contributed by atoms with van der Waals surface area (Å²) in [4.78, 5) is 4.24. The van der Waals surface area contributed by atoms with Gasteiger partial charge in [0.1, 0.15) is 10.8 Å². The molecule has 2 fully saturated rings. The summed E-state index contributed by atoms with van der Waals surface area (Å²) in [6.07, 6.45) is 10.6. The Labute approximate surface area is 132 Å². The molecule has 0 amide bonds. The summed E-state index contributed by atoms with van der Waals surface area (Å²) in [6, 6.07) is 1.85. The minimum atomic E-state index is 0.271. The van der Waals surface area contributed by atoms with Crippen LogP contribution in [0.5, 0.6) is 11.6 Å². The monoisotopic (exact) mass is 309 g/mol. The first-order valence-corrected chi connectivity index (χ1v) is 8.54. The molecule has 0 radical (unpaired) electrons. The summed E-state index contributed by atoms with van der Waals surface area (Å²) in [7, 11) is 0. The maximum absolute atomic E-state index is 6.40. The number of hydrogen-bond acceptors (Lipinski definition) is 3. The molecule has 4 heteroatoms. The summed E-state index contributed by atoms with van der Waals surface area (Å²) in [6.45, 7) is 3.01. The van der Waals surface area contributed by atoms with E-state index in [2.05, 4.69) is 11.9 Å². The molecule has 3 rings (SSSR count). The van der Waals surface area contributed by atoms with Gasteiger partial charge in [0.2, 0.25) is 5.88 Å². The standard InChI is InChI=1S/C17H24ClNO2/c1-12-4-2-7-14(10-12)21-15-8-9-19-17(16(15)18)20-11-13-5-3-6-13/h8-9,12-14H,2-7,10-11H2,1H3. The van der Waals surface area contributed by atoms with Crippen LogP contribution in [0.3, 0.4) is 0 Å². The first-order valence-electron chi connectivity index (χ1n) is 8.16. The van der Waals surface area contributed by atoms with Crippen molar-refractivity contribution < 1.29 is 9.47 Å². The molecule has 3 nitrogen and oxygen atoms in total. The summed E-state index contributed by atoms with van der Waals surface area (Å²) in [5, 5.41) is 0.523. The molecule has 0 aliphatic heterocycles. The zero-order chi connectivity index (χ0) is 14.7. The normalized spacial score (nSPS) is 26.2. The second kappa shape index (κ2) is 6.87. The van der Waals surface area contributed by atoms with Gasteiger partial charge < -0.3 is 9.47 Å². The van der Waals surface area contributed by atoms with E-state index in [9.17, 15) is 0 Å². The predicted octanol–water partition coefficient (Wildman–Crippen LogP) is 4.87. The second-order valence-electron chi connectivity index (χ2n) is 6.55. The molecule has 2 atom stereocenters. The van der Waals surface area contributed by atoms with Gasteiger partial charge in [0.15, 0.2) is 0 Å². The average molecular weight is 310 g/mol. The van der Waals surface area contributed by atoms with Crippen molar-refractivity contribution in [3.63, 3.8) is 0 Å². The van der Waals surface area contributed by atoms with Gasteiger partial charge in [-0.3, -0.25) is 0 Å². The molecule has 2 aliphatic carbocycles. The number of aromatic nitrogens is 1. The molecule has 2 aliphatic rings. The lowest BCUT2D eigenvalue weighted by atomic mass is 9.86. The third-order valence-corrected chi connectivity index (χ3v) is 5.03. The minimum Gasteiger partial charge on any atom is -0.489 e. The van der Waals surface area contributed by atoms with Gasteiger partial charge in [-0.05, 0) is 43.9 Å². The van der Waals surface area contributed by atoms with Crippen molar-refractivity contribution in [3.05, 3.63) is 17.3 Å². The molecular formula is C17H24ClNO2. The van der Waals surface area contributed by atoms with Gasteiger partial charge in [-0.1, -0.05) is 31.4 Å². The Bertz CT molecular complexity index is 476. The zero-order valence-electron chi connectivity index (χ0n) is 12.7. The topological polar surface area (TPSA) is 31.4 Å². The molecule has 116 valence electrons. The number of hydrogen-bond donors (Lipinski definition) is 0. The van der Waals surface area contributed by atoms with Gasteiger partial charge in [-0.15, -0.1) is 0 Å². The van der Waals surface area contributed by atoms with E-state index >= 15 is 0 Å². The lowest BCUT2D eigenvalue weighted by Gasteiger charge is -2.28. The van der Waals surface area contributed by atoms with Crippen LogP contribution in [0, 0.1) is 11.8 Å². The van der Waals surface area contributed by atoms with Crippen molar-refractivity contribution in [1.29, 1.82) is 0 Å². The maximum atomic E-state index is 6.40. The molecule has 0 spiro atoms. The highest BCUT2D eigenvalue weighted by molar-refractivity contribution is 6.33. The lowest BCUT2D eigenvalue weighted by molar-refractivity contribution is 0.128. The van der Waals surface area contributed by atoms with Gasteiger partial charge in [-0.2, -0.15) is 0 Å². The van der Waals surface area contributed by atoms with E-state index in [-0.39, 0.29) is 6.10 Å². The zero-order valence-corrected chi connectivity index (χ0v) is 13.4. The highest BCUT2D eigenvalue weighted by Gasteiger charge is 2.23. The molecule has 1 aromatic heterocycles. The SMILES string of the molecule is CC1CCCC(Oc2ccnc(OCC3CCC3)c2Cl)C1. The Morgan fingerprint density at radius 3 is 2.76 bits per heavy atom. The van der Waals surface area contributed by atoms with Gasteiger partial charge in [-0.25, -0.2) is 4.98 Å². The molecule has 2 saturated carbocycles. The van der Waals surface area contributed by atoms with E-state index in [1.54, 1.807) is 6.20 Å². The Morgan fingerprint density at radius 1 is 1.24 bits per heavy atom. The quantitative estimate of drug-likeness (QED) is 0.777. The molecule has 0 N–H and O–H groups in total. The van der Waals surface area contributed by atoms with Crippen molar-refractivity contribution in [2.45, 2.75) is 58.0 Å². The highest BCUT2D eigenvalue weighted by Crippen LogP contribution is 2.36. The van der Waals surface area contributed by atoms with Crippen LogP contribution in [0.15, 0.2) is 12.3 Å². The highest BCUT2D eigenvalue weighted by atomic mass is 35.5. The van der Waals surface area contributed by atoms with Crippen LogP contribution < -0.4 is 9.47 Å². The number of halogens is 1. The molecule has 0 saturated heterocycles.